The average molecular weight is 198 g/mol. The van der Waals surface area contributed by atoms with Gasteiger partial charge in [-0.25, -0.2) is 4.79 Å². The maximum Gasteiger partial charge on any atom is 0.416 e. The monoisotopic (exact) mass is 198 g/mol. The highest BCUT2D eigenvalue weighted by Crippen LogP contribution is 2.10. The zero-order valence-corrected chi connectivity index (χ0v) is 8.61. The van der Waals surface area contributed by atoms with Crippen LogP contribution in [-0.4, -0.2) is 29.2 Å². The van der Waals surface area contributed by atoms with E-state index in [4.69, 9.17) is 9.26 Å². The summed E-state index contributed by atoms with van der Waals surface area (Å²) in [5.41, 5.74) is 0. The molecule has 14 heavy (non-hydrogen) atoms. The predicted octanol–water partition coefficient (Wildman–Crippen LogP) is 1.82. The first-order chi connectivity index (χ1) is 6.67. The molecule has 1 amide bonds. The van der Waals surface area contributed by atoms with E-state index < -0.39 is 6.09 Å². The van der Waals surface area contributed by atoms with E-state index in [2.05, 4.69) is 5.16 Å². The molecule has 0 aliphatic heterocycles. The average Bonchev–Trinajstić information content (AvgIpc) is 2.53. The predicted molar refractivity (Wildman–Crippen MR) is 50.2 cm³/mol. The number of rotatable bonds is 3. The van der Waals surface area contributed by atoms with Crippen LogP contribution in [0.2, 0.25) is 0 Å². The van der Waals surface area contributed by atoms with Crippen LogP contribution in [0.4, 0.5) is 4.79 Å². The van der Waals surface area contributed by atoms with Gasteiger partial charge in [0, 0.05) is 19.2 Å². The highest BCUT2D eigenvalue weighted by molar-refractivity contribution is 5.70. The fraction of sp³-hybridized carbons (Fsp3) is 0.556. The third-order valence-corrected chi connectivity index (χ3v) is 1.82. The summed E-state index contributed by atoms with van der Waals surface area (Å²) in [5, 5.41) is 3.56. The van der Waals surface area contributed by atoms with Gasteiger partial charge in [0.05, 0.1) is 0 Å². The van der Waals surface area contributed by atoms with Crippen molar-refractivity contribution in [3.63, 3.8) is 0 Å². The lowest BCUT2D eigenvalue weighted by Gasteiger charge is -2.16. The Labute approximate surface area is 82.6 Å². The van der Waals surface area contributed by atoms with Crippen molar-refractivity contribution >= 4 is 6.09 Å². The van der Waals surface area contributed by atoms with Crippen molar-refractivity contribution in [3.8, 4) is 5.88 Å². The van der Waals surface area contributed by atoms with Gasteiger partial charge in [0.15, 0.2) is 0 Å². The molecule has 0 aromatic carbocycles. The van der Waals surface area contributed by atoms with Gasteiger partial charge in [-0.05, 0) is 25.9 Å². The van der Waals surface area contributed by atoms with E-state index in [1.807, 2.05) is 13.8 Å². The zero-order valence-electron chi connectivity index (χ0n) is 8.61. The number of amides is 1. The number of aromatic nitrogens is 1. The largest absolute Gasteiger partial charge is 0.416 e. The summed E-state index contributed by atoms with van der Waals surface area (Å²) in [7, 11) is 0. The van der Waals surface area contributed by atoms with Crippen LogP contribution in [0.1, 0.15) is 19.6 Å². The van der Waals surface area contributed by atoms with Crippen molar-refractivity contribution in [2.45, 2.75) is 20.8 Å². The highest BCUT2D eigenvalue weighted by Gasteiger charge is 2.13. The van der Waals surface area contributed by atoms with Gasteiger partial charge in [-0.1, -0.05) is 0 Å². The van der Waals surface area contributed by atoms with Gasteiger partial charge in [-0.3, -0.25) is 0 Å². The number of nitrogens with zero attached hydrogens (tertiary/aromatic N) is 2. The summed E-state index contributed by atoms with van der Waals surface area (Å²) in [6.07, 6.45) is -0.400. The number of aryl methyl sites for hydroxylation is 1. The maximum absolute atomic E-state index is 11.4. The lowest BCUT2D eigenvalue weighted by Crippen LogP contribution is -2.33. The molecule has 0 aliphatic carbocycles. The van der Waals surface area contributed by atoms with Crippen LogP contribution in [0.3, 0.4) is 0 Å². The molecule has 0 radical (unpaired) electrons. The minimum atomic E-state index is -0.400. The van der Waals surface area contributed by atoms with Gasteiger partial charge >= 0.3 is 6.09 Å². The first kappa shape index (κ1) is 10.6. The van der Waals surface area contributed by atoms with Gasteiger partial charge in [-0.15, -0.1) is 0 Å². The van der Waals surface area contributed by atoms with Crippen LogP contribution < -0.4 is 4.74 Å². The van der Waals surface area contributed by atoms with Crippen molar-refractivity contribution < 1.29 is 14.1 Å². The molecule has 0 saturated carbocycles. The molecule has 5 heteroatoms. The Hall–Kier alpha value is -1.52. The van der Waals surface area contributed by atoms with E-state index in [1.165, 1.54) is 0 Å². The number of hydrogen-bond donors (Lipinski definition) is 0. The Morgan fingerprint density at radius 3 is 2.64 bits per heavy atom. The van der Waals surface area contributed by atoms with Crippen molar-refractivity contribution in [2.24, 2.45) is 0 Å². The Morgan fingerprint density at radius 2 is 2.21 bits per heavy atom. The first-order valence-corrected chi connectivity index (χ1v) is 4.57. The van der Waals surface area contributed by atoms with Crippen LogP contribution >= 0.6 is 0 Å². The molecule has 0 bridgehead atoms. The Morgan fingerprint density at radius 1 is 1.57 bits per heavy atom. The normalized spacial score (nSPS) is 9.93. The summed E-state index contributed by atoms with van der Waals surface area (Å²) >= 11 is 0. The van der Waals surface area contributed by atoms with Crippen molar-refractivity contribution in [3.05, 3.63) is 11.8 Å². The quantitative estimate of drug-likeness (QED) is 0.743. The van der Waals surface area contributed by atoms with Crippen molar-refractivity contribution in [2.75, 3.05) is 13.1 Å². The number of ether oxygens (including phenoxy) is 1. The number of carbonyl (C=O) groups excluding carboxylic acids is 1. The Bertz CT molecular complexity index is 305. The Balaban J connectivity index is 2.56. The van der Waals surface area contributed by atoms with Gasteiger partial charge in [0.1, 0.15) is 5.76 Å². The summed E-state index contributed by atoms with van der Waals surface area (Å²) in [6.45, 7) is 6.75. The minimum Gasteiger partial charge on any atom is -0.388 e. The van der Waals surface area contributed by atoms with Crippen molar-refractivity contribution in [1.82, 2.24) is 10.1 Å². The Kier molecular flexibility index (Phi) is 3.50. The van der Waals surface area contributed by atoms with E-state index in [1.54, 1.807) is 17.9 Å². The second-order valence-electron chi connectivity index (χ2n) is 2.82. The van der Waals surface area contributed by atoms with Crippen LogP contribution in [0.15, 0.2) is 10.6 Å². The third kappa shape index (κ3) is 2.48. The molecule has 0 saturated heterocycles. The van der Waals surface area contributed by atoms with E-state index in [0.29, 0.717) is 18.8 Å². The molecule has 1 rings (SSSR count). The molecule has 0 atom stereocenters. The number of carbonyl (C=O) groups is 1. The van der Waals surface area contributed by atoms with Crippen LogP contribution in [0.5, 0.6) is 5.88 Å². The molecule has 78 valence electrons. The lowest BCUT2D eigenvalue weighted by molar-refractivity contribution is 0.153. The van der Waals surface area contributed by atoms with Crippen LogP contribution in [0.25, 0.3) is 0 Å². The lowest BCUT2D eigenvalue weighted by atomic mass is 10.5. The highest BCUT2D eigenvalue weighted by atomic mass is 16.6. The smallest absolute Gasteiger partial charge is 0.388 e. The van der Waals surface area contributed by atoms with Crippen LogP contribution in [-0.2, 0) is 0 Å². The SMILES string of the molecule is CCN(CC)C(=O)Oc1cc(C)on1. The molecule has 1 aromatic heterocycles. The standard InChI is InChI=1S/C9H14N2O3/c1-4-11(5-2)9(12)13-8-6-7(3)14-10-8/h6H,4-5H2,1-3H3. The molecule has 0 N–H and O–H groups in total. The van der Waals surface area contributed by atoms with Gasteiger partial charge in [0.2, 0.25) is 0 Å². The van der Waals surface area contributed by atoms with Gasteiger partial charge in [0.25, 0.3) is 5.88 Å². The number of hydrogen-bond acceptors (Lipinski definition) is 4. The second kappa shape index (κ2) is 4.64. The first-order valence-electron chi connectivity index (χ1n) is 4.57. The molecule has 0 unspecified atom stereocenters. The second-order valence-corrected chi connectivity index (χ2v) is 2.82. The van der Waals surface area contributed by atoms with Crippen molar-refractivity contribution in [1.29, 1.82) is 0 Å². The molecule has 0 aliphatic rings. The molecule has 0 fully saturated rings. The molecule has 5 nitrogen and oxygen atoms in total. The van der Waals surface area contributed by atoms with Gasteiger partial charge < -0.3 is 14.2 Å². The summed E-state index contributed by atoms with van der Waals surface area (Å²) in [6, 6.07) is 1.57. The van der Waals surface area contributed by atoms with E-state index in [9.17, 15) is 4.79 Å². The fourth-order valence-electron chi connectivity index (χ4n) is 1.03. The van der Waals surface area contributed by atoms with E-state index in [-0.39, 0.29) is 5.88 Å². The van der Waals surface area contributed by atoms with E-state index >= 15 is 0 Å². The minimum absolute atomic E-state index is 0.208. The summed E-state index contributed by atoms with van der Waals surface area (Å²) in [4.78, 5) is 13.0. The zero-order chi connectivity index (χ0) is 10.6. The molecule has 0 spiro atoms. The fourth-order valence-corrected chi connectivity index (χ4v) is 1.03. The molecule has 1 aromatic rings. The topological polar surface area (TPSA) is 55.6 Å². The molecule has 1 heterocycles. The summed E-state index contributed by atoms with van der Waals surface area (Å²) in [5.74, 6) is 0.826. The summed E-state index contributed by atoms with van der Waals surface area (Å²) < 4.78 is 9.73. The van der Waals surface area contributed by atoms with Gasteiger partial charge in [-0.2, -0.15) is 0 Å². The van der Waals surface area contributed by atoms with Crippen LogP contribution in [0, 0.1) is 6.92 Å². The molecular weight excluding hydrogens is 184 g/mol. The molecular formula is C9H14N2O3. The maximum atomic E-state index is 11.4. The third-order valence-electron chi connectivity index (χ3n) is 1.82. The van der Waals surface area contributed by atoms with E-state index in [0.717, 1.165) is 0 Å².